The van der Waals surface area contributed by atoms with E-state index >= 15 is 0 Å². The third kappa shape index (κ3) is 7.39. The summed E-state index contributed by atoms with van der Waals surface area (Å²) in [6, 6.07) is 16.6. The van der Waals surface area contributed by atoms with Crippen molar-refractivity contribution in [1.29, 1.82) is 0 Å². The Morgan fingerprint density at radius 3 is 2.34 bits per heavy atom. The molecule has 3 N–H and O–H groups in total. The first-order chi connectivity index (χ1) is 15.6. The molecule has 0 saturated carbocycles. The van der Waals surface area contributed by atoms with E-state index in [9.17, 15) is 14.7 Å². The van der Waals surface area contributed by atoms with Gasteiger partial charge in [0.2, 0.25) is 5.95 Å². The minimum absolute atomic E-state index is 0.182. The standard InChI is InChI=1S/C24H26N4O4/c29-22(19-7-2-1-3-8-19)28-21(23(30)31)17-18-9-11-20(12-10-18)32-16-5-4-13-25-24-26-14-6-15-27-24/h1-3,6-12,14-15,21H,4-5,13,16-17H2,(H,28,29)(H,30,31)(H,25,26,27). The van der Waals surface area contributed by atoms with Crippen molar-refractivity contribution in [3.05, 3.63) is 84.2 Å². The smallest absolute Gasteiger partial charge is 0.326 e. The monoisotopic (exact) mass is 434 g/mol. The summed E-state index contributed by atoms with van der Waals surface area (Å²) in [5.41, 5.74) is 1.22. The Kier molecular flexibility index (Phi) is 8.56. The maximum absolute atomic E-state index is 12.3. The molecule has 32 heavy (non-hydrogen) atoms. The van der Waals surface area contributed by atoms with Crippen molar-refractivity contribution in [2.24, 2.45) is 0 Å². The number of aromatic nitrogens is 2. The second-order valence-electron chi connectivity index (χ2n) is 7.13. The topological polar surface area (TPSA) is 113 Å². The van der Waals surface area contributed by atoms with Crippen molar-refractivity contribution in [1.82, 2.24) is 15.3 Å². The molecule has 1 atom stereocenters. The summed E-state index contributed by atoms with van der Waals surface area (Å²) in [7, 11) is 0. The van der Waals surface area contributed by atoms with E-state index in [2.05, 4.69) is 20.6 Å². The maximum Gasteiger partial charge on any atom is 0.326 e. The average Bonchev–Trinajstić information content (AvgIpc) is 2.83. The molecule has 0 fully saturated rings. The Labute approximate surface area is 186 Å². The van der Waals surface area contributed by atoms with Crippen LogP contribution in [0, 0.1) is 0 Å². The lowest BCUT2D eigenvalue weighted by Crippen LogP contribution is -2.42. The molecule has 8 heteroatoms. The van der Waals surface area contributed by atoms with E-state index < -0.39 is 17.9 Å². The van der Waals surface area contributed by atoms with Crippen molar-refractivity contribution in [2.75, 3.05) is 18.5 Å². The van der Waals surface area contributed by atoms with Crippen LogP contribution in [0.4, 0.5) is 5.95 Å². The average molecular weight is 434 g/mol. The van der Waals surface area contributed by atoms with Crippen LogP contribution < -0.4 is 15.4 Å². The number of carbonyl (C=O) groups excluding carboxylic acids is 1. The molecule has 166 valence electrons. The molecule has 1 unspecified atom stereocenters. The van der Waals surface area contributed by atoms with Gasteiger partial charge in [-0.2, -0.15) is 0 Å². The number of carbonyl (C=O) groups is 2. The van der Waals surface area contributed by atoms with E-state index in [1.54, 1.807) is 48.8 Å². The number of hydrogen-bond acceptors (Lipinski definition) is 6. The van der Waals surface area contributed by atoms with Crippen molar-refractivity contribution < 1.29 is 19.4 Å². The van der Waals surface area contributed by atoms with Gasteiger partial charge in [-0.1, -0.05) is 30.3 Å². The first-order valence-electron chi connectivity index (χ1n) is 10.4. The lowest BCUT2D eigenvalue weighted by molar-refractivity contribution is -0.139. The number of unbranched alkanes of at least 4 members (excludes halogenated alkanes) is 1. The first kappa shape index (κ1) is 22.7. The second-order valence-corrected chi connectivity index (χ2v) is 7.13. The molecule has 1 aromatic heterocycles. The minimum atomic E-state index is -1.08. The Balaban J connectivity index is 1.40. The highest BCUT2D eigenvalue weighted by Gasteiger charge is 2.21. The predicted octanol–water partition coefficient (Wildman–Crippen LogP) is 3.17. The zero-order chi connectivity index (χ0) is 22.6. The Morgan fingerprint density at radius 2 is 1.66 bits per heavy atom. The SMILES string of the molecule is O=C(NC(Cc1ccc(OCCCCNc2ncccn2)cc1)C(=O)O)c1ccccc1. The predicted molar refractivity (Wildman–Crippen MR) is 121 cm³/mol. The normalized spacial score (nSPS) is 11.4. The second kappa shape index (κ2) is 12.0. The Morgan fingerprint density at radius 1 is 0.938 bits per heavy atom. The zero-order valence-corrected chi connectivity index (χ0v) is 17.6. The molecular formula is C24H26N4O4. The number of benzene rings is 2. The van der Waals surface area contributed by atoms with E-state index in [4.69, 9.17) is 4.74 Å². The third-order valence-corrected chi connectivity index (χ3v) is 4.69. The van der Waals surface area contributed by atoms with Gasteiger partial charge >= 0.3 is 5.97 Å². The van der Waals surface area contributed by atoms with Gasteiger partial charge in [0.15, 0.2) is 0 Å². The molecular weight excluding hydrogens is 408 g/mol. The molecule has 0 aliphatic rings. The highest BCUT2D eigenvalue weighted by atomic mass is 16.5. The molecule has 0 bridgehead atoms. The van der Waals surface area contributed by atoms with Gasteiger partial charge in [-0.15, -0.1) is 0 Å². The molecule has 2 aromatic carbocycles. The molecule has 0 aliphatic heterocycles. The van der Waals surface area contributed by atoms with Gasteiger partial charge in [0.1, 0.15) is 11.8 Å². The summed E-state index contributed by atoms with van der Waals surface area (Å²) in [6.45, 7) is 1.33. The number of hydrogen-bond donors (Lipinski definition) is 3. The number of carboxylic acid groups (broad SMARTS) is 1. The van der Waals surface area contributed by atoms with Gasteiger partial charge in [-0.05, 0) is 48.7 Å². The van der Waals surface area contributed by atoms with E-state index in [1.807, 2.05) is 24.3 Å². The lowest BCUT2D eigenvalue weighted by atomic mass is 10.1. The number of nitrogens with one attached hydrogen (secondary N) is 2. The van der Waals surface area contributed by atoms with Crippen LogP contribution in [0.15, 0.2) is 73.1 Å². The quantitative estimate of drug-likeness (QED) is 0.375. The molecule has 3 rings (SSSR count). The highest BCUT2D eigenvalue weighted by molar-refractivity contribution is 5.96. The van der Waals surface area contributed by atoms with E-state index in [-0.39, 0.29) is 6.42 Å². The summed E-state index contributed by atoms with van der Waals surface area (Å²) < 4.78 is 5.74. The fourth-order valence-electron chi connectivity index (χ4n) is 3.00. The van der Waals surface area contributed by atoms with Gasteiger partial charge < -0.3 is 20.5 Å². The summed E-state index contributed by atoms with van der Waals surface area (Å²) in [5.74, 6) is -0.160. The molecule has 8 nitrogen and oxygen atoms in total. The maximum atomic E-state index is 12.3. The van der Waals surface area contributed by atoms with Crippen LogP contribution in [0.2, 0.25) is 0 Å². The summed E-state index contributed by atoms with van der Waals surface area (Å²) in [6.07, 6.45) is 5.35. The fraction of sp³-hybridized carbons (Fsp3) is 0.250. The summed E-state index contributed by atoms with van der Waals surface area (Å²) >= 11 is 0. The van der Waals surface area contributed by atoms with Crippen LogP contribution in [0.3, 0.4) is 0 Å². The molecule has 0 saturated heterocycles. The van der Waals surface area contributed by atoms with Crippen LogP contribution in [0.5, 0.6) is 5.75 Å². The number of nitrogens with zero attached hydrogens (tertiary/aromatic N) is 2. The first-order valence-corrected chi connectivity index (χ1v) is 10.4. The largest absolute Gasteiger partial charge is 0.494 e. The number of anilines is 1. The summed E-state index contributed by atoms with van der Waals surface area (Å²) in [4.78, 5) is 32.1. The van der Waals surface area contributed by atoms with Crippen molar-refractivity contribution in [3.8, 4) is 5.75 Å². The Hall–Kier alpha value is -3.94. The third-order valence-electron chi connectivity index (χ3n) is 4.69. The molecule has 1 heterocycles. The molecule has 1 amide bonds. The van der Waals surface area contributed by atoms with Crippen LogP contribution >= 0.6 is 0 Å². The van der Waals surface area contributed by atoms with Gasteiger partial charge in [-0.3, -0.25) is 4.79 Å². The van der Waals surface area contributed by atoms with Crippen molar-refractivity contribution in [3.63, 3.8) is 0 Å². The van der Waals surface area contributed by atoms with Gasteiger partial charge in [0.05, 0.1) is 6.61 Å². The van der Waals surface area contributed by atoms with Crippen molar-refractivity contribution in [2.45, 2.75) is 25.3 Å². The Bertz CT molecular complexity index is 982. The molecule has 0 radical (unpaired) electrons. The molecule has 0 spiro atoms. The fourth-order valence-corrected chi connectivity index (χ4v) is 3.00. The van der Waals surface area contributed by atoms with Gasteiger partial charge in [0, 0.05) is 30.9 Å². The molecule has 3 aromatic rings. The van der Waals surface area contributed by atoms with E-state index in [1.165, 1.54) is 0 Å². The van der Waals surface area contributed by atoms with Crippen LogP contribution in [0.25, 0.3) is 0 Å². The zero-order valence-electron chi connectivity index (χ0n) is 17.6. The number of aliphatic carboxylic acids is 1. The number of carboxylic acids is 1. The highest BCUT2D eigenvalue weighted by Crippen LogP contribution is 2.14. The minimum Gasteiger partial charge on any atom is -0.494 e. The van der Waals surface area contributed by atoms with Crippen LogP contribution in [-0.2, 0) is 11.2 Å². The van der Waals surface area contributed by atoms with Gasteiger partial charge in [-0.25, -0.2) is 14.8 Å². The van der Waals surface area contributed by atoms with Crippen LogP contribution in [-0.4, -0.2) is 46.1 Å². The van der Waals surface area contributed by atoms with E-state index in [0.29, 0.717) is 23.9 Å². The van der Waals surface area contributed by atoms with Crippen molar-refractivity contribution >= 4 is 17.8 Å². The summed E-state index contributed by atoms with van der Waals surface area (Å²) in [5, 5.41) is 15.2. The number of amides is 1. The van der Waals surface area contributed by atoms with E-state index in [0.717, 1.165) is 24.9 Å². The van der Waals surface area contributed by atoms with Crippen LogP contribution in [0.1, 0.15) is 28.8 Å². The number of ether oxygens (including phenoxy) is 1. The van der Waals surface area contributed by atoms with Gasteiger partial charge in [0.25, 0.3) is 5.91 Å². The lowest BCUT2D eigenvalue weighted by Gasteiger charge is -2.15. The number of rotatable bonds is 12. The molecule has 0 aliphatic carbocycles.